The van der Waals surface area contributed by atoms with E-state index in [4.69, 9.17) is 4.42 Å². The SMILES string of the molecule is CN1CCCC1CCN1CCCC1CC(O)c1ccco1. The van der Waals surface area contributed by atoms with Crippen LogP contribution in [0.3, 0.4) is 0 Å². The van der Waals surface area contributed by atoms with Gasteiger partial charge in [-0.15, -0.1) is 0 Å². The quantitative estimate of drug-likeness (QED) is 0.875. The van der Waals surface area contributed by atoms with Crippen molar-refractivity contribution in [3.63, 3.8) is 0 Å². The molecular formula is C17H28N2O2. The zero-order chi connectivity index (χ0) is 14.7. The van der Waals surface area contributed by atoms with E-state index in [-0.39, 0.29) is 0 Å². The van der Waals surface area contributed by atoms with E-state index in [9.17, 15) is 5.11 Å². The third-order valence-electron chi connectivity index (χ3n) is 5.29. The Morgan fingerprint density at radius 3 is 2.81 bits per heavy atom. The van der Waals surface area contributed by atoms with Gasteiger partial charge in [-0.05, 0) is 77.3 Å². The fourth-order valence-electron chi connectivity index (χ4n) is 3.97. The predicted molar refractivity (Wildman–Crippen MR) is 83.1 cm³/mol. The lowest BCUT2D eigenvalue weighted by molar-refractivity contribution is 0.0987. The molecule has 1 N–H and O–H groups in total. The van der Waals surface area contributed by atoms with Crippen molar-refractivity contribution in [2.24, 2.45) is 0 Å². The molecule has 0 amide bonds. The molecule has 3 atom stereocenters. The number of likely N-dealkylation sites (tertiary alicyclic amines) is 2. The van der Waals surface area contributed by atoms with Gasteiger partial charge in [-0.25, -0.2) is 0 Å². The van der Waals surface area contributed by atoms with Gasteiger partial charge in [0, 0.05) is 12.1 Å². The number of rotatable bonds is 6. The molecule has 0 radical (unpaired) electrons. The van der Waals surface area contributed by atoms with Crippen LogP contribution in [0.25, 0.3) is 0 Å². The van der Waals surface area contributed by atoms with Crippen LogP contribution in [-0.2, 0) is 0 Å². The highest BCUT2D eigenvalue weighted by Gasteiger charge is 2.29. The van der Waals surface area contributed by atoms with E-state index in [0.717, 1.165) is 12.5 Å². The Morgan fingerprint density at radius 2 is 2.10 bits per heavy atom. The van der Waals surface area contributed by atoms with E-state index in [1.807, 2.05) is 12.1 Å². The summed E-state index contributed by atoms with van der Waals surface area (Å²) in [5.41, 5.74) is 0. The number of aliphatic hydroxyl groups is 1. The van der Waals surface area contributed by atoms with Crippen molar-refractivity contribution in [3.05, 3.63) is 24.2 Å². The summed E-state index contributed by atoms with van der Waals surface area (Å²) in [6, 6.07) is 5.00. The zero-order valence-electron chi connectivity index (χ0n) is 13.1. The zero-order valence-corrected chi connectivity index (χ0v) is 13.1. The fourth-order valence-corrected chi connectivity index (χ4v) is 3.97. The number of hydrogen-bond acceptors (Lipinski definition) is 4. The normalized spacial score (nSPS) is 29.2. The number of aliphatic hydroxyl groups excluding tert-OH is 1. The summed E-state index contributed by atoms with van der Waals surface area (Å²) in [5, 5.41) is 10.3. The molecule has 2 fully saturated rings. The largest absolute Gasteiger partial charge is 0.467 e. The van der Waals surface area contributed by atoms with Crippen LogP contribution in [0.4, 0.5) is 0 Å². The lowest BCUT2D eigenvalue weighted by Gasteiger charge is -2.28. The van der Waals surface area contributed by atoms with Gasteiger partial charge in [0.2, 0.25) is 0 Å². The Labute approximate surface area is 127 Å². The van der Waals surface area contributed by atoms with E-state index in [1.54, 1.807) is 6.26 Å². The molecule has 2 saturated heterocycles. The minimum Gasteiger partial charge on any atom is -0.467 e. The Hall–Kier alpha value is -0.840. The molecule has 4 heteroatoms. The van der Waals surface area contributed by atoms with E-state index in [1.165, 1.54) is 51.7 Å². The number of nitrogens with zero attached hydrogens (tertiary/aromatic N) is 2. The van der Waals surface area contributed by atoms with Gasteiger partial charge < -0.3 is 19.3 Å². The van der Waals surface area contributed by atoms with Crippen molar-refractivity contribution in [1.82, 2.24) is 9.80 Å². The van der Waals surface area contributed by atoms with E-state index in [2.05, 4.69) is 16.8 Å². The first kappa shape index (κ1) is 15.1. The molecule has 4 nitrogen and oxygen atoms in total. The molecule has 2 aliphatic heterocycles. The Kier molecular flexibility index (Phi) is 4.99. The molecule has 2 aliphatic rings. The molecular weight excluding hydrogens is 264 g/mol. The highest BCUT2D eigenvalue weighted by Crippen LogP contribution is 2.28. The minimum absolute atomic E-state index is 0.459. The molecule has 21 heavy (non-hydrogen) atoms. The van der Waals surface area contributed by atoms with E-state index in [0.29, 0.717) is 11.8 Å². The summed E-state index contributed by atoms with van der Waals surface area (Å²) < 4.78 is 5.32. The van der Waals surface area contributed by atoms with Crippen molar-refractivity contribution in [3.8, 4) is 0 Å². The molecule has 0 spiro atoms. The summed E-state index contributed by atoms with van der Waals surface area (Å²) in [6.07, 6.45) is 8.42. The molecule has 0 bridgehead atoms. The lowest BCUT2D eigenvalue weighted by atomic mass is 10.0. The average Bonchev–Trinajstić information content (AvgIpc) is 3.18. The van der Waals surface area contributed by atoms with Crippen LogP contribution in [0, 0.1) is 0 Å². The lowest BCUT2D eigenvalue weighted by Crippen LogP contribution is -2.35. The highest BCUT2D eigenvalue weighted by atomic mass is 16.4. The van der Waals surface area contributed by atoms with Crippen molar-refractivity contribution >= 4 is 0 Å². The summed E-state index contributed by atoms with van der Waals surface area (Å²) in [4.78, 5) is 5.08. The Balaban J connectivity index is 1.48. The van der Waals surface area contributed by atoms with Gasteiger partial charge in [0.05, 0.1) is 6.26 Å². The van der Waals surface area contributed by atoms with Crippen molar-refractivity contribution in [2.45, 2.75) is 56.7 Å². The molecule has 1 aromatic rings. The van der Waals surface area contributed by atoms with Crippen molar-refractivity contribution < 1.29 is 9.52 Å². The summed E-state index contributed by atoms with van der Waals surface area (Å²) in [6.45, 7) is 3.61. The van der Waals surface area contributed by atoms with E-state index < -0.39 is 6.10 Å². The Morgan fingerprint density at radius 1 is 1.29 bits per heavy atom. The average molecular weight is 292 g/mol. The van der Waals surface area contributed by atoms with Gasteiger partial charge >= 0.3 is 0 Å². The van der Waals surface area contributed by atoms with Gasteiger partial charge in [-0.1, -0.05) is 0 Å². The van der Waals surface area contributed by atoms with Crippen molar-refractivity contribution in [1.29, 1.82) is 0 Å². The van der Waals surface area contributed by atoms with Gasteiger partial charge in [0.1, 0.15) is 11.9 Å². The summed E-state index contributed by atoms with van der Waals surface area (Å²) in [5.74, 6) is 0.706. The molecule has 0 aliphatic carbocycles. The smallest absolute Gasteiger partial charge is 0.132 e. The molecule has 0 saturated carbocycles. The fraction of sp³-hybridized carbons (Fsp3) is 0.765. The maximum atomic E-state index is 10.3. The highest BCUT2D eigenvalue weighted by molar-refractivity contribution is 5.02. The van der Waals surface area contributed by atoms with Crippen LogP contribution < -0.4 is 0 Å². The van der Waals surface area contributed by atoms with Gasteiger partial charge in [-0.2, -0.15) is 0 Å². The molecule has 1 aromatic heterocycles. The Bertz CT molecular complexity index is 420. The maximum absolute atomic E-state index is 10.3. The van der Waals surface area contributed by atoms with Gasteiger partial charge in [0.25, 0.3) is 0 Å². The van der Waals surface area contributed by atoms with Gasteiger partial charge in [-0.3, -0.25) is 0 Å². The van der Waals surface area contributed by atoms with E-state index >= 15 is 0 Å². The molecule has 3 heterocycles. The van der Waals surface area contributed by atoms with Gasteiger partial charge in [0.15, 0.2) is 0 Å². The second-order valence-corrected chi connectivity index (χ2v) is 6.66. The van der Waals surface area contributed by atoms with Crippen LogP contribution in [0.1, 0.15) is 50.4 Å². The monoisotopic (exact) mass is 292 g/mol. The third kappa shape index (κ3) is 3.68. The number of hydrogen-bond donors (Lipinski definition) is 1. The van der Waals surface area contributed by atoms with Crippen LogP contribution >= 0.6 is 0 Å². The molecule has 3 rings (SSSR count). The second kappa shape index (κ2) is 6.95. The van der Waals surface area contributed by atoms with Crippen LogP contribution in [0.5, 0.6) is 0 Å². The van der Waals surface area contributed by atoms with Crippen LogP contribution in [0.2, 0.25) is 0 Å². The third-order valence-corrected chi connectivity index (χ3v) is 5.29. The first-order valence-corrected chi connectivity index (χ1v) is 8.40. The summed E-state index contributed by atoms with van der Waals surface area (Å²) in [7, 11) is 2.25. The van der Waals surface area contributed by atoms with Crippen molar-refractivity contribution in [2.75, 3.05) is 26.7 Å². The first-order valence-electron chi connectivity index (χ1n) is 8.40. The first-order chi connectivity index (χ1) is 10.2. The second-order valence-electron chi connectivity index (χ2n) is 6.66. The molecule has 3 unspecified atom stereocenters. The molecule has 118 valence electrons. The van der Waals surface area contributed by atoms with Crippen LogP contribution in [-0.4, -0.2) is 53.7 Å². The molecule has 0 aromatic carbocycles. The predicted octanol–water partition coefficient (Wildman–Crippen LogP) is 2.65. The topological polar surface area (TPSA) is 39.9 Å². The maximum Gasteiger partial charge on any atom is 0.132 e. The number of furan rings is 1. The summed E-state index contributed by atoms with van der Waals surface area (Å²) >= 11 is 0. The van der Waals surface area contributed by atoms with Crippen LogP contribution in [0.15, 0.2) is 22.8 Å². The standard InChI is InChI=1S/C17H28N2O2/c1-18-9-2-5-14(18)8-11-19-10-3-6-15(19)13-16(20)17-7-4-12-21-17/h4,7,12,14-16,20H,2-3,5-6,8-11,13H2,1H3. The minimum atomic E-state index is -0.459.